The Labute approximate surface area is 141 Å². The molecular weight excluding hydrogens is 311 g/mol. The first-order chi connectivity index (χ1) is 11.6. The maximum Gasteiger partial charge on any atom is 0.414 e. The molecule has 0 radical (unpaired) electrons. The Morgan fingerprint density at radius 3 is 2.88 bits per heavy atom. The van der Waals surface area contributed by atoms with Gasteiger partial charge in [0.1, 0.15) is 5.82 Å². The Balaban J connectivity index is 1.49. The number of halogens is 1. The van der Waals surface area contributed by atoms with Gasteiger partial charge in [0, 0.05) is 17.5 Å². The minimum Gasteiger partial charge on any atom is -0.449 e. The van der Waals surface area contributed by atoms with Gasteiger partial charge in [-0.15, -0.1) is 0 Å². The smallest absolute Gasteiger partial charge is 0.414 e. The number of imide groups is 1. The van der Waals surface area contributed by atoms with Crippen LogP contribution in [0.2, 0.25) is 0 Å². The molecule has 1 aromatic carbocycles. The monoisotopic (exact) mass is 334 g/mol. The summed E-state index contributed by atoms with van der Waals surface area (Å²) in [4.78, 5) is 26.2. The number of nitrogens with zero attached hydrogens (tertiary/aromatic N) is 1. The molecule has 1 aromatic rings. The molecule has 0 saturated carbocycles. The largest absolute Gasteiger partial charge is 0.449 e. The molecule has 0 spiro atoms. The number of amides is 2. The summed E-state index contributed by atoms with van der Waals surface area (Å²) < 4.78 is 18.4. The van der Waals surface area contributed by atoms with E-state index in [1.807, 2.05) is 0 Å². The second-order valence-electron chi connectivity index (χ2n) is 6.56. The van der Waals surface area contributed by atoms with Crippen molar-refractivity contribution >= 4 is 12.0 Å². The summed E-state index contributed by atoms with van der Waals surface area (Å²) in [5.74, 6) is -0.841. The normalized spacial score (nSPS) is 24.0. The molecular formula is C18H23FN2O3. The molecule has 3 rings (SSSR count). The highest BCUT2D eigenvalue weighted by Gasteiger charge is 2.33. The molecule has 0 unspecified atom stereocenters. The average molecular weight is 334 g/mol. The number of benzene rings is 1. The zero-order chi connectivity index (χ0) is 16.9. The minimum atomic E-state index is -0.766. The van der Waals surface area contributed by atoms with E-state index in [9.17, 15) is 14.0 Å². The molecule has 2 heterocycles. The third-order valence-corrected chi connectivity index (χ3v) is 4.96. The summed E-state index contributed by atoms with van der Waals surface area (Å²) in [5, 5.41) is 2.15. The average Bonchev–Trinajstić information content (AvgIpc) is 2.60. The molecule has 5 nitrogen and oxygen atoms in total. The van der Waals surface area contributed by atoms with Crippen molar-refractivity contribution in [3.05, 3.63) is 35.6 Å². The Hall–Kier alpha value is -1.95. The van der Waals surface area contributed by atoms with Gasteiger partial charge in [0.05, 0.1) is 6.61 Å². The number of hydrogen-bond acceptors (Lipinski definition) is 4. The van der Waals surface area contributed by atoms with Crippen molar-refractivity contribution in [2.24, 2.45) is 5.92 Å². The number of nitrogens with one attached hydrogen (secondary N) is 1. The molecule has 2 aliphatic heterocycles. The number of hydrogen-bond donors (Lipinski definition) is 1. The fraction of sp³-hybridized carbons (Fsp3) is 0.556. The molecule has 24 heavy (non-hydrogen) atoms. The standard InChI is InChI=1S/C18H23FN2O3/c19-15-7-3-5-13(11-15)17(22)20-18(23)24-12-14-6-4-10-21-9-2-1-8-16(14)21/h3,5,7,11,14,16H,1-2,4,6,8-10,12H2,(H,20,22,23)/t14-,16+/m0/s1. The Morgan fingerprint density at radius 1 is 1.21 bits per heavy atom. The van der Waals surface area contributed by atoms with E-state index in [0.717, 1.165) is 38.4 Å². The highest BCUT2D eigenvalue weighted by Crippen LogP contribution is 2.30. The van der Waals surface area contributed by atoms with Crippen molar-refractivity contribution in [1.82, 2.24) is 10.2 Å². The molecule has 0 aliphatic carbocycles. The summed E-state index contributed by atoms with van der Waals surface area (Å²) >= 11 is 0. The molecule has 2 saturated heterocycles. The second kappa shape index (κ2) is 7.75. The zero-order valence-corrected chi connectivity index (χ0v) is 13.7. The first-order valence-corrected chi connectivity index (χ1v) is 8.61. The number of piperidine rings is 2. The first kappa shape index (κ1) is 16.9. The quantitative estimate of drug-likeness (QED) is 0.923. The number of carbonyl (C=O) groups is 2. The molecule has 130 valence electrons. The predicted molar refractivity (Wildman–Crippen MR) is 87.2 cm³/mol. The van der Waals surface area contributed by atoms with Crippen LogP contribution in [0.5, 0.6) is 0 Å². The van der Waals surface area contributed by atoms with Gasteiger partial charge < -0.3 is 4.74 Å². The van der Waals surface area contributed by atoms with Crippen LogP contribution in [0.1, 0.15) is 42.5 Å². The van der Waals surface area contributed by atoms with Gasteiger partial charge in [-0.05, 0) is 57.0 Å². The lowest BCUT2D eigenvalue weighted by Crippen LogP contribution is -2.49. The van der Waals surface area contributed by atoms with Crippen molar-refractivity contribution in [1.29, 1.82) is 0 Å². The number of rotatable bonds is 3. The van der Waals surface area contributed by atoms with Gasteiger partial charge in [0.25, 0.3) is 5.91 Å². The lowest BCUT2D eigenvalue weighted by Gasteiger charge is -2.44. The fourth-order valence-electron chi connectivity index (χ4n) is 3.78. The van der Waals surface area contributed by atoms with E-state index in [2.05, 4.69) is 10.2 Å². The van der Waals surface area contributed by atoms with Crippen LogP contribution in [-0.2, 0) is 4.74 Å². The van der Waals surface area contributed by atoms with Crippen molar-refractivity contribution in [2.45, 2.75) is 38.1 Å². The number of ether oxygens (including phenoxy) is 1. The van der Waals surface area contributed by atoms with Crippen LogP contribution < -0.4 is 5.32 Å². The van der Waals surface area contributed by atoms with Crippen LogP contribution >= 0.6 is 0 Å². The lowest BCUT2D eigenvalue weighted by atomic mass is 9.84. The predicted octanol–water partition coefficient (Wildman–Crippen LogP) is 2.96. The van der Waals surface area contributed by atoms with Gasteiger partial charge in [-0.3, -0.25) is 15.0 Å². The Morgan fingerprint density at radius 2 is 2.04 bits per heavy atom. The Kier molecular flexibility index (Phi) is 5.45. The molecule has 0 aromatic heterocycles. The maximum atomic E-state index is 13.1. The number of alkyl carbamates (subject to hydrolysis) is 1. The minimum absolute atomic E-state index is 0.100. The van der Waals surface area contributed by atoms with Gasteiger partial charge in [-0.25, -0.2) is 9.18 Å². The summed E-state index contributed by atoms with van der Waals surface area (Å²) in [6.07, 6.45) is 5.02. The third kappa shape index (κ3) is 4.12. The second-order valence-corrected chi connectivity index (χ2v) is 6.56. The van der Waals surface area contributed by atoms with Crippen LogP contribution in [0.4, 0.5) is 9.18 Å². The number of carbonyl (C=O) groups excluding carboxylic acids is 2. The SMILES string of the molecule is O=C(NC(=O)c1cccc(F)c1)OC[C@@H]1CCCN2CCCC[C@H]12. The van der Waals surface area contributed by atoms with Crippen LogP contribution in [0.3, 0.4) is 0 Å². The van der Waals surface area contributed by atoms with Crippen molar-refractivity contribution in [3.8, 4) is 0 Å². The van der Waals surface area contributed by atoms with E-state index in [4.69, 9.17) is 4.74 Å². The van der Waals surface area contributed by atoms with E-state index < -0.39 is 17.8 Å². The summed E-state index contributed by atoms with van der Waals surface area (Å²) in [7, 11) is 0. The van der Waals surface area contributed by atoms with Crippen molar-refractivity contribution in [2.75, 3.05) is 19.7 Å². The highest BCUT2D eigenvalue weighted by molar-refractivity contribution is 6.02. The molecule has 2 aliphatic rings. The third-order valence-electron chi connectivity index (χ3n) is 4.96. The van der Waals surface area contributed by atoms with Gasteiger partial charge in [0.15, 0.2) is 0 Å². The fourth-order valence-corrected chi connectivity index (χ4v) is 3.78. The maximum absolute atomic E-state index is 13.1. The molecule has 2 atom stereocenters. The van der Waals surface area contributed by atoms with E-state index in [-0.39, 0.29) is 5.56 Å². The first-order valence-electron chi connectivity index (χ1n) is 8.61. The summed E-state index contributed by atoms with van der Waals surface area (Å²) in [6, 6.07) is 5.69. The molecule has 2 amide bonds. The molecule has 0 bridgehead atoms. The van der Waals surface area contributed by atoms with E-state index in [0.29, 0.717) is 18.6 Å². The van der Waals surface area contributed by atoms with E-state index in [1.165, 1.54) is 31.0 Å². The van der Waals surface area contributed by atoms with Gasteiger partial charge >= 0.3 is 6.09 Å². The topological polar surface area (TPSA) is 58.6 Å². The van der Waals surface area contributed by atoms with Crippen LogP contribution in [0, 0.1) is 11.7 Å². The highest BCUT2D eigenvalue weighted by atomic mass is 19.1. The molecule has 1 N–H and O–H groups in total. The van der Waals surface area contributed by atoms with E-state index in [1.54, 1.807) is 0 Å². The van der Waals surface area contributed by atoms with Crippen LogP contribution in [0.25, 0.3) is 0 Å². The molecule has 6 heteroatoms. The summed E-state index contributed by atoms with van der Waals surface area (Å²) in [5.41, 5.74) is 0.100. The van der Waals surface area contributed by atoms with Gasteiger partial charge in [-0.1, -0.05) is 12.5 Å². The zero-order valence-electron chi connectivity index (χ0n) is 13.7. The van der Waals surface area contributed by atoms with Crippen LogP contribution in [-0.4, -0.2) is 42.6 Å². The van der Waals surface area contributed by atoms with Crippen LogP contribution in [0.15, 0.2) is 24.3 Å². The van der Waals surface area contributed by atoms with Crippen molar-refractivity contribution in [3.63, 3.8) is 0 Å². The number of fused-ring (bicyclic) bond motifs is 1. The van der Waals surface area contributed by atoms with Gasteiger partial charge in [-0.2, -0.15) is 0 Å². The molecule has 2 fully saturated rings. The summed E-state index contributed by atoms with van der Waals surface area (Å²) in [6.45, 7) is 2.58. The van der Waals surface area contributed by atoms with Crippen molar-refractivity contribution < 1.29 is 18.7 Å². The Bertz CT molecular complexity index is 606. The van der Waals surface area contributed by atoms with Gasteiger partial charge in [0.2, 0.25) is 0 Å². The van der Waals surface area contributed by atoms with E-state index >= 15 is 0 Å². The lowest BCUT2D eigenvalue weighted by molar-refractivity contribution is 0.0235.